The molecule has 2 aliphatic carbocycles. The summed E-state index contributed by atoms with van der Waals surface area (Å²) in [6.07, 6.45) is 4.13. The van der Waals surface area contributed by atoms with Crippen LogP contribution in [-0.2, 0) is 14.3 Å². The fourth-order valence-corrected chi connectivity index (χ4v) is 2.37. The summed E-state index contributed by atoms with van der Waals surface area (Å²) in [5, 5.41) is 6.35. The Labute approximate surface area is 109 Å². The third kappa shape index (κ3) is 3.67. The molecule has 2 saturated carbocycles. The molecule has 0 radical (unpaired) electrons. The molecule has 0 spiro atoms. The third-order valence-corrected chi connectivity index (χ3v) is 3.60. The molecule has 2 rings (SSSR count). The molecular weight excluding hydrogens is 232 g/mol. The largest absolute Gasteiger partial charge is 0.377 e. The SMILES string of the molecule is CCOC1CC(NCCC(=O)NC2CC2)C1OC. The van der Waals surface area contributed by atoms with Crippen LogP contribution < -0.4 is 10.6 Å². The lowest BCUT2D eigenvalue weighted by Gasteiger charge is -2.43. The van der Waals surface area contributed by atoms with Crippen molar-refractivity contribution in [2.24, 2.45) is 0 Å². The number of hydrogen-bond acceptors (Lipinski definition) is 4. The van der Waals surface area contributed by atoms with Crippen molar-refractivity contribution in [2.75, 3.05) is 20.3 Å². The number of amides is 1. The number of carbonyl (C=O) groups excluding carboxylic acids is 1. The molecule has 0 saturated heterocycles. The average Bonchev–Trinajstić information content (AvgIpc) is 3.11. The Morgan fingerprint density at radius 3 is 2.78 bits per heavy atom. The van der Waals surface area contributed by atoms with Crippen molar-refractivity contribution in [3.8, 4) is 0 Å². The minimum atomic E-state index is 0.122. The van der Waals surface area contributed by atoms with Crippen molar-refractivity contribution in [1.82, 2.24) is 10.6 Å². The van der Waals surface area contributed by atoms with E-state index < -0.39 is 0 Å². The maximum absolute atomic E-state index is 11.5. The smallest absolute Gasteiger partial charge is 0.221 e. The standard InChI is InChI=1S/C13H24N2O3/c1-3-18-11-8-10(13(11)17-2)14-7-6-12(16)15-9-4-5-9/h9-11,13-14H,3-8H2,1-2H3,(H,15,16). The summed E-state index contributed by atoms with van der Waals surface area (Å²) < 4.78 is 11.0. The molecule has 2 fully saturated rings. The van der Waals surface area contributed by atoms with Crippen molar-refractivity contribution < 1.29 is 14.3 Å². The van der Waals surface area contributed by atoms with E-state index >= 15 is 0 Å². The second-order valence-corrected chi connectivity index (χ2v) is 5.08. The Balaban J connectivity index is 1.57. The predicted octanol–water partition coefficient (Wildman–Crippen LogP) is 0.437. The third-order valence-electron chi connectivity index (χ3n) is 3.60. The summed E-state index contributed by atoms with van der Waals surface area (Å²) in [4.78, 5) is 11.5. The number of nitrogens with one attached hydrogen (secondary N) is 2. The van der Waals surface area contributed by atoms with E-state index in [1.54, 1.807) is 7.11 Å². The van der Waals surface area contributed by atoms with Crippen LogP contribution in [0.15, 0.2) is 0 Å². The van der Waals surface area contributed by atoms with Crippen LogP contribution >= 0.6 is 0 Å². The molecule has 0 aromatic rings. The van der Waals surface area contributed by atoms with Crippen LogP contribution in [-0.4, -0.2) is 50.5 Å². The lowest BCUT2D eigenvalue weighted by molar-refractivity contribution is -0.132. The fourth-order valence-electron chi connectivity index (χ4n) is 2.37. The molecule has 1 amide bonds. The van der Waals surface area contributed by atoms with Crippen molar-refractivity contribution in [3.05, 3.63) is 0 Å². The summed E-state index contributed by atoms with van der Waals surface area (Å²) in [5.41, 5.74) is 0. The van der Waals surface area contributed by atoms with Crippen molar-refractivity contribution in [1.29, 1.82) is 0 Å². The van der Waals surface area contributed by atoms with Gasteiger partial charge in [0.05, 0.1) is 12.2 Å². The second kappa shape index (κ2) is 6.50. The molecule has 18 heavy (non-hydrogen) atoms. The van der Waals surface area contributed by atoms with E-state index in [1.807, 2.05) is 6.92 Å². The first-order valence-electron chi connectivity index (χ1n) is 6.91. The van der Waals surface area contributed by atoms with Gasteiger partial charge in [0, 0.05) is 38.8 Å². The highest BCUT2D eigenvalue weighted by Gasteiger charge is 2.41. The van der Waals surface area contributed by atoms with Gasteiger partial charge in [-0.3, -0.25) is 4.79 Å². The Bertz CT molecular complexity index is 281. The normalized spacial score (nSPS) is 30.9. The van der Waals surface area contributed by atoms with Gasteiger partial charge >= 0.3 is 0 Å². The van der Waals surface area contributed by atoms with Gasteiger partial charge in [0.15, 0.2) is 0 Å². The van der Waals surface area contributed by atoms with E-state index in [1.165, 1.54) is 0 Å². The predicted molar refractivity (Wildman–Crippen MR) is 68.4 cm³/mol. The lowest BCUT2D eigenvalue weighted by Crippen LogP contribution is -2.60. The molecule has 5 heteroatoms. The minimum Gasteiger partial charge on any atom is -0.377 e. The molecule has 5 nitrogen and oxygen atoms in total. The highest BCUT2D eigenvalue weighted by molar-refractivity contribution is 5.76. The maximum atomic E-state index is 11.5. The lowest BCUT2D eigenvalue weighted by atomic mass is 9.85. The summed E-state index contributed by atoms with van der Waals surface area (Å²) in [7, 11) is 1.71. The van der Waals surface area contributed by atoms with Gasteiger partial charge in [-0.25, -0.2) is 0 Å². The van der Waals surface area contributed by atoms with Gasteiger partial charge in [0.25, 0.3) is 0 Å². The Kier molecular flexibility index (Phi) is 4.97. The molecule has 0 heterocycles. The zero-order chi connectivity index (χ0) is 13.0. The van der Waals surface area contributed by atoms with E-state index in [-0.39, 0.29) is 18.1 Å². The molecule has 2 aliphatic rings. The van der Waals surface area contributed by atoms with Gasteiger partial charge in [-0.15, -0.1) is 0 Å². The average molecular weight is 256 g/mol. The number of methoxy groups -OCH3 is 1. The molecule has 0 bridgehead atoms. The molecule has 3 atom stereocenters. The Morgan fingerprint density at radius 2 is 2.17 bits per heavy atom. The van der Waals surface area contributed by atoms with E-state index in [0.29, 0.717) is 25.0 Å². The zero-order valence-corrected chi connectivity index (χ0v) is 11.3. The summed E-state index contributed by atoms with van der Waals surface area (Å²) in [6.45, 7) is 3.43. The van der Waals surface area contributed by atoms with E-state index in [4.69, 9.17) is 9.47 Å². The van der Waals surface area contributed by atoms with Gasteiger partial charge in [0.1, 0.15) is 0 Å². The number of ether oxygens (including phenoxy) is 2. The minimum absolute atomic E-state index is 0.122. The van der Waals surface area contributed by atoms with E-state index in [9.17, 15) is 4.79 Å². The second-order valence-electron chi connectivity index (χ2n) is 5.08. The zero-order valence-electron chi connectivity index (χ0n) is 11.3. The van der Waals surface area contributed by atoms with Gasteiger partial charge in [-0.1, -0.05) is 0 Å². The van der Waals surface area contributed by atoms with Crippen LogP contribution in [0.5, 0.6) is 0 Å². The van der Waals surface area contributed by atoms with E-state index in [2.05, 4.69) is 10.6 Å². The fraction of sp³-hybridized carbons (Fsp3) is 0.923. The Morgan fingerprint density at radius 1 is 1.39 bits per heavy atom. The van der Waals surface area contributed by atoms with Crippen LogP contribution in [0, 0.1) is 0 Å². The summed E-state index contributed by atoms with van der Waals surface area (Å²) >= 11 is 0. The Hall–Kier alpha value is -0.650. The molecular formula is C13H24N2O3. The quantitative estimate of drug-likeness (QED) is 0.661. The first-order valence-corrected chi connectivity index (χ1v) is 6.91. The van der Waals surface area contributed by atoms with Gasteiger partial charge in [0.2, 0.25) is 5.91 Å². The number of hydrogen-bond donors (Lipinski definition) is 2. The topological polar surface area (TPSA) is 59.6 Å². The van der Waals surface area contributed by atoms with Crippen molar-refractivity contribution in [2.45, 2.75) is 56.9 Å². The molecule has 2 N–H and O–H groups in total. The van der Waals surface area contributed by atoms with Gasteiger partial charge in [-0.2, -0.15) is 0 Å². The van der Waals surface area contributed by atoms with Crippen LogP contribution in [0.2, 0.25) is 0 Å². The molecule has 0 aliphatic heterocycles. The van der Waals surface area contributed by atoms with Crippen LogP contribution in [0.3, 0.4) is 0 Å². The van der Waals surface area contributed by atoms with Gasteiger partial charge < -0.3 is 20.1 Å². The molecule has 3 unspecified atom stereocenters. The molecule has 0 aromatic heterocycles. The summed E-state index contributed by atoms with van der Waals surface area (Å²) in [6, 6.07) is 0.774. The first kappa shape index (κ1) is 13.8. The van der Waals surface area contributed by atoms with Crippen LogP contribution in [0.25, 0.3) is 0 Å². The molecule has 104 valence electrons. The first-order chi connectivity index (χ1) is 8.74. The van der Waals surface area contributed by atoms with Crippen molar-refractivity contribution in [3.63, 3.8) is 0 Å². The summed E-state index contributed by atoms with van der Waals surface area (Å²) in [5.74, 6) is 0.152. The van der Waals surface area contributed by atoms with E-state index in [0.717, 1.165) is 25.9 Å². The maximum Gasteiger partial charge on any atom is 0.221 e. The van der Waals surface area contributed by atoms with Gasteiger partial charge in [-0.05, 0) is 26.2 Å². The monoisotopic (exact) mass is 256 g/mol. The van der Waals surface area contributed by atoms with Crippen LogP contribution in [0.4, 0.5) is 0 Å². The van der Waals surface area contributed by atoms with Crippen LogP contribution in [0.1, 0.15) is 32.6 Å². The highest BCUT2D eigenvalue weighted by atomic mass is 16.5. The number of rotatable bonds is 8. The highest BCUT2D eigenvalue weighted by Crippen LogP contribution is 2.26. The number of carbonyl (C=O) groups is 1. The van der Waals surface area contributed by atoms with Crippen molar-refractivity contribution >= 4 is 5.91 Å². The molecule has 0 aromatic carbocycles.